The van der Waals surface area contributed by atoms with Gasteiger partial charge in [-0.1, -0.05) is 23.7 Å². The Kier molecular flexibility index (Phi) is 4.28. The first-order valence-electron chi connectivity index (χ1n) is 9.54. The second kappa shape index (κ2) is 7.02. The average Bonchev–Trinajstić information content (AvgIpc) is 3.51. The van der Waals surface area contributed by atoms with Gasteiger partial charge in [-0.25, -0.2) is 4.98 Å². The number of ether oxygens (including phenoxy) is 1. The Morgan fingerprint density at radius 3 is 2.39 bits per heavy atom. The fraction of sp³-hybridized carbons (Fsp3) is 0.130. The number of aromatic amines is 1. The van der Waals surface area contributed by atoms with E-state index in [1.165, 1.54) is 10.7 Å². The van der Waals surface area contributed by atoms with Gasteiger partial charge < -0.3 is 4.74 Å². The molecule has 0 spiro atoms. The number of rotatable bonds is 4. The summed E-state index contributed by atoms with van der Waals surface area (Å²) in [6.07, 6.45) is 3.01. The molecule has 0 saturated heterocycles. The van der Waals surface area contributed by atoms with Gasteiger partial charge in [0, 0.05) is 10.4 Å². The molecule has 31 heavy (non-hydrogen) atoms. The summed E-state index contributed by atoms with van der Waals surface area (Å²) in [5.74, 6) is 0.417. The van der Waals surface area contributed by atoms with Gasteiger partial charge in [0.15, 0.2) is 5.65 Å². The second-order valence-corrected chi connectivity index (χ2v) is 7.82. The molecule has 4 aromatic rings. The highest BCUT2D eigenvalue weighted by molar-refractivity contribution is 6.30. The lowest BCUT2D eigenvalue weighted by Gasteiger charge is -2.14. The van der Waals surface area contributed by atoms with Crippen molar-refractivity contribution in [2.24, 2.45) is 0 Å². The van der Waals surface area contributed by atoms with Crippen molar-refractivity contribution in [3.05, 3.63) is 92.5 Å². The summed E-state index contributed by atoms with van der Waals surface area (Å²) < 4.78 is 6.93. The van der Waals surface area contributed by atoms with Gasteiger partial charge >= 0.3 is 5.56 Å². The fourth-order valence-electron chi connectivity index (χ4n) is 3.82. The molecule has 2 aromatic carbocycles. The molecule has 0 unspecified atom stereocenters. The van der Waals surface area contributed by atoms with Crippen molar-refractivity contribution in [2.45, 2.75) is 18.3 Å². The minimum absolute atomic E-state index is 0.0100. The highest BCUT2D eigenvalue weighted by Crippen LogP contribution is 2.54. The SMILES string of the molecule is N#Cc1ccc(Oc2cnc3c(C#N)c(C4(c5ccc(Cl)cc5)CC4)[nH]n3c2=O)cc1. The maximum absolute atomic E-state index is 13.1. The van der Waals surface area contributed by atoms with Crippen molar-refractivity contribution in [2.75, 3.05) is 0 Å². The Morgan fingerprint density at radius 2 is 1.77 bits per heavy atom. The summed E-state index contributed by atoms with van der Waals surface area (Å²) in [4.78, 5) is 17.4. The first-order valence-corrected chi connectivity index (χ1v) is 9.92. The molecule has 150 valence electrons. The third-order valence-electron chi connectivity index (χ3n) is 5.58. The molecule has 0 amide bonds. The van der Waals surface area contributed by atoms with E-state index in [0.29, 0.717) is 27.6 Å². The zero-order chi connectivity index (χ0) is 21.6. The highest BCUT2D eigenvalue weighted by atomic mass is 35.5. The van der Waals surface area contributed by atoms with Crippen LogP contribution < -0.4 is 10.3 Å². The molecule has 0 radical (unpaired) electrons. The molecule has 1 aliphatic rings. The molecule has 0 aliphatic heterocycles. The van der Waals surface area contributed by atoms with Crippen molar-refractivity contribution in [3.63, 3.8) is 0 Å². The van der Waals surface area contributed by atoms with Crippen LogP contribution in [0.15, 0.2) is 59.5 Å². The predicted octanol–water partition coefficient (Wildman–Crippen LogP) is 4.29. The van der Waals surface area contributed by atoms with Crippen LogP contribution in [0.2, 0.25) is 5.02 Å². The summed E-state index contributed by atoms with van der Waals surface area (Å²) in [7, 11) is 0. The number of hydrogen-bond donors (Lipinski definition) is 1. The van der Waals surface area contributed by atoms with Crippen LogP contribution in [0.1, 0.15) is 35.2 Å². The van der Waals surface area contributed by atoms with E-state index >= 15 is 0 Å². The van der Waals surface area contributed by atoms with Crippen LogP contribution in [0.3, 0.4) is 0 Å². The Morgan fingerprint density at radius 1 is 1.06 bits per heavy atom. The molecule has 1 aliphatic carbocycles. The maximum atomic E-state index is 13.1. The van der Waals surface area contributed by atoms with Crippen LogP contribution in [0.4, 0.5) is 0 Å². The van der Waals surface area contributed by atoms with Gasteiger partial charge in [-0.15, -0.1) is 0 Å². The zero-order valence-electron chi connectivity index (χ0n) is 16.1. The van der Waals surface area contributed by atoms with E-state index in [1.807, 2.05) is 30.3 Å². The number of H-pyrrole nitrogens is 1. The molecule has 1 fully saturated rings. The van der Waals surface area contributed by atoms with Crippen LogP contribution in [0.25, 0.3) is 5.65 Å². The summed E-state index contributed by atoms with van der Waals surface area (Å²) in [5.41, 5.74) is 1.96. The highest BCUT2D eigenvalue weighted by Gasteiger charge is 2.49. The van der Waals surface area contributed by atoms with Crippen LogP contribution in [-0.2, 0) is 5.41 Å². The van der Waals surface area contributed by atoms with Gasteiger partial charge in [0.2, 0.25) is 5.75 Å². The molecule has 1 N–H and O–H groups in total. The number of fused-ring (bicyclic) bond motifs is 1. The largest absolute Gasteiger partial charge is 0.450 e. The summed E-state index contributed by atoms with van der Waals surface area (Å²) in [5, 5.41) is 22.5. The van der Waals surface area contributed by atoms with Gasteiger partial charge in [-0.3, -0.25) is 9.89 Å². The van der Waals surface area contributed by atoms with E-state index in [-0.39, 0.29) is 16.8 Å². The lowest BCUT2D eigenvalue weighted by atomic mass is 9.90. The van der Waals surface area contributed by atoms with Crippen molar-refractivity contribution < 1.29 is 4.74 Å². The predicted molar refractivity (Wildman–Crippen MR) is 113 cm³/mol. The van der Waals surface area contributed by atoms with E-state index in [0.717, 1.165) is 18.4 Å². The number of hydrogen-bond acceptors (Lipinski definition) is 5. The quantitative estimate of drug-likeness (QED) is 0.522. The van der Waals surface area contributed by atoms with Gasteiger partial charge in [0.05, 0.1) is 23.5 Å². The number of nitriles is 2. The molecule has 5 rings (SSSR count). The van der Waals surface area contributed by atoms with Crippen molar-refractivity contribution >= 4 is 17.2 Å². The number of nitrogens with zero attached hydrogens (tertiary/aromatic N) is 4. The minimum atomic E-state index is -0.455. The monoisotopic (exact) mass is 427 g/mol. The van der Waals surface area contributed by atoms with E-state index < -0.39 is 5.56 Å². The maximum Gasteiger partial charge on any atom is 0.315 e. The van der Waals surface area contributed by atoms with Gasteiger partial charge in [-0.05, 0) is 54.8 Å². The minimum Gasteiger partial charge on any atom is -0.450 e. The molecular formula is C23H14ClN5O2. The standard InChI is InChI=1S/C23H14ClN5O2/c24-16-5-3-15(4-6-16)23(9-10-23)20-18(12-26)21-27-13-19(22(30)29(21)28-20)31-17-7-1-14(11-25)2-8-17/h1-8,13,28H,9-10H2. The van der Waals surface area contributed by atoms with Crippen LogP contribution in [0.5, 0.6) is 11.5 Å². The summed E-state index contributed by atoms with van der Waals surface area (Å²) in [6.45, 7) is 0. The van der Waals surface area contributed by atoms with Crippen LogP contribution in [0, 0.1) is 22.7 Å². The van der Waals surface area contributed by atoms with E-state index in [4.69, 9.17) is 21.6 Å². The molecule has 1 saturated carbocycles. The Hall–Kier alpha value is -4.07. The number of nitrogens with one attached hydrogen (secondary N) is 1. The third kappa shape index (κ3) is 3.04. The summed E-state index contributed by atoms with van der Waals surface area (Å²) in [6, 6.07) is 18.2. The van der Waals surface area contributed by atoms with Crippen molar-refractivity contribution in [1.82, 2.24) is 14.6 Å². The number of benzene rings is 2. The van der Waals surface area contributed by atoms with Crippen molar-refractivity contribution in [1.29, 1.82) is 10.5 Å². The molecule has 2 heterocycles. The topological polar surface area (TPSA) is 107 Å². The Bertz CT molecular complexity index is 1450. The molecule has 7 nitrogen and oxygen atoms in total. The van der Waals surface area contributed by atoms with Gasteiger partial charge in [-0.2, -0.15) is 15.0 Å². The van der Waals surface area contributed by atoms with Crippen LogP contribution in [-0.4, -0.2) is 14.6 Å². The van der Waals surface area contributed by atoms with E-state index in [9.17, 15) is 10.1 Å². The van der Waals surface area contributed by atoms with Crippen LogP contribution >= 0.6 is 11.6 Å². The fourth-order valence-corrected chi connectivity index (χ4v) is 3.95. The van der Waals surface area contributed by atoms with E-state index in [2.05, 4.69) is 16.2 Å². The lowest BCUT2D eigenvalue weighted by Crippen LogP contribution is -2.17. The van der Waals surface area contributed by atoms with E-state index in [1.54, 1.807) is 24.3 Å². The van der Waals surface area contributed by atoms with Crippen molar-refractivity contribution in [3.8, 4) is 23.6 Å². The second-order valence-electron chi connectivity index (χ2n) is 7.39. The first-order chi connectivity index (χ1) is 15.1. The molecule has 2 aromatic heterocycles. The third-order valence-corrected chi connectivity index (χ3v) is 5.83. The molecule has 0 bridgehead atoms. The summed E-state index contributed by atoms with van der Waals surface area (Å²) >= 11 is 6.03. The molecule has 8 heteroatoms. The van der Waals surface area contributed by atoms with Gasteiger partial charge in [0.1, 0.15) is 17.4 Å². The average molecular weight is 428 g/mol. The Balaban J connectivity index is 1.60. The zero-order valence-corrected chi connectivity index (χ0v) is 16.8. The van der Waals surface area contributed by atoms with Gasteiger partial charge in [0.25, 0.3) is 0 Å². The normalized spacial score (nSPS) is 14.0. The number of halogens is 1. The smallest absolute Gasteiger partial charge is 0.315 e. The molecular weight excluding hydrogens is 414 g/mol. The number of aromatic nitrogens is 3. The Labute approximate surface area is 181 Å². The lowest BCUT2D eigenvalue weighted by molar-refractivity contribution is 0.469. The molecule has 0 atom stereocenters. The first kappa shape index (κ1) is 18.9.